The Hall–Kier alpha value is -2.28. The van der Waals surface area contributed by atoms with Gasteiger partial charge >= 0.3 is 5.97 Å². The largest absolute Gasteiger partial charge is 0.439 e. The molecule has 1 aromatic rings. The number of allylic oxidation sites excluding steroid dienone is 1. The number of nitriles is 1. The number of carbonyl (C=O) groups excluding carboxylic acids is 1. The molecule has 0 spiro atoms. The summed E-state index contributed by atoms with van der Waals surface area (Å²) in [6.45, 7) is 1.57. The van der Waals surface area contributed by atoms with Gasteiger partial charge in [0.15, 0.2) is 0 Å². The average Bonchev–Trinajstić information content (AvgIpc) is 2.26. The lowest BCUT2D eigenvalue weighted by Crippen LogP contribution is -2.09. The normalized spacial score (nSPS) is 12.6. The zero-order chi connectivity index (χ0) is 12.0. The fourth-order valence-electron chi connectivity index (χ4n) is 1.13. The van der Waals surface area contributed by atoms with Gasteiger partial charge in [-0.1, -0.05) is 30.3 Å². The number of hydrogen-bond donors (Lipinski definition) is 1. The smallest absolute Gasteiger partial charge is 0.334 e. The van der Waals surface area contributed by atoms with Crippen LogP contribution >= 0.6 is 0 Å². The second kappa shape index (κ2) is 5.56. The van der Waals surface area contributed by atoms with E-state index in [1.807, 2.05) is 12.1 Å². The maximum absolute atomic E-state index is 11.3. The standard InChI is InChI=1S/C12H12N2O2/c1-9(14)7-12(15)16-11(8-13)10-5-3-2-4-6-10/h2-7,11H,14H2,1H3/b9-7-. The molecular formula is C12H12N2O2. The van der Waals surface area contributed by atoms with Crippen molar-refractivity contribution in [3.63, 3.8) is 0 Å². The van der Waals surface area contributed by atoms with Crippen LogP contribution in [0.3, 0.4) is 0 Å². The molecule has 0 radical (unpaired) electrons. The van der Waals surface area contributed by atoms with Crippen molar-refractivity contribution < 1.29 is 9.53 Å². The third kappa shape index (κ3) is 3.46. The molecule has 0 fully saturated rings. The molecule has 0 aromatic heterocycles. The highest BCUT2D eigenvalue weighted by Gasteiger charge is 2.13. The van der Waals surface area contributed by atoms with Gasteiger partial charge in [0.2, 0.25) is 6.10 Å². The predicted octanol–water partition coefficient (Wildman–Crippen LogP) is 1.66. The van der Waals surface area contributed by atoms with E-state index in [1.165, 1.54) is 0 Å². The summed E-state index contributed by atoms with van der Waals surface area (Å²) in [5, 5.41) is 8.88. The lowest BCUT2D eigenvalue weighted by atomic mass is 10.1. The number of ether oxygens (including phenoxy) is 1. The second-order valence-corrected chi connectivity index (χ2v) is 3.25. The molecule has 0 heterocycles. The number of benzene rings is 1. The van der Waals surface area contributed by atoms with Crippen molar-refractivity contribution in [2.24, 2.45) is 5.73 Å². The second-order valence-electron chi connectivity index (χ2n) is 3.25. The van der Waals surface area contributed by atoms with Gasteiger partial charge in [-0.15, -0.1) is 0 Å². The molecule has 1 atom stereocenters. The summed E-state index contributed by atoms with van der Waals surface area (Å²) in [5.74, 6) is -0.615. The topological polar surface area (TPSA) is 76.1 Å². The lowest BCUT2D eigenvalue weighted by molar-refractivity contribution is -0.140. The number of esters is 1. The van der Waals surface area contributed by atoms with Crippen molar-refractivity contribution >= 4 is 5.97 Å². The summed E-state index contributed by atoms with van der Waals surface area (Å²) >= 11 is 0. The van der Waals surface area contributed by atoms with Gasteiger partial charge in [0.25, 0.3) is 0 Å². The van der Waals surface area contributed by atoms with Gasteiger partial charge in [-0.25, -0.2) is 4.79 Å². The number of nitrogens with two attached hydrogens (primary N) is 1. The van der Waals surface area contributed by atoms with Crippen LogP contribution < -0.4 is 5.73 Å². The Morgan fingerprint density at radius 3 is 2.62 bits per heavy atom. The minimum absolute atomic E-state index is 0.342. The Morgan fingerprint density at radius 1 is 1.50 bits per heavy atom. The predicted molar refractivity (Wildman–Crippen MR) is 58.8 cm³/mol. The summed E-state index contributed by atoms with van der Waals surface area (Å²) in [6, 6.07) is 10.7. The third-order valence-electron chi connectivity index (χ3n) is 1.80. The first-order chi connectivity index (χ1) is 7.63. The van der Waals surface area contributed by atoms with E-state index in [2.05, 4.69) is 0 Å². The molecule has 0 aliphatic rings. The van der Waals surface area contributed by atoms with Crippen LogP contribution in [0.4, 0.5) is 0 Å². The fourth-order valence-corrected chi connectivity index (χ4v) is 1.13. The Balaban J connectivity index is 2.76. The third-order valence-corrected chi connectivity index (χ3v) is 1.80. The molecule has 82 valence electrons. The number of nitrogens with zero attached hydrogens (tertiary/aromatic N) is 1. The Labute approximate surface area is 93.9 Å². The molecular weight excluding hydrogens is 204 g/mol. The van der Waals surface area contributed by atoms with Gasteiger partial charge in [0, 0.05) is 17.3 Å². The first kappa shape index (κ1) is 11.8. The molecule has 0 aliphatic carbocycles. The zero-order valence-corrected chi connectivity index (χ0v) is 8.88. The number of hydrogen-bond acceptors (Lipinski definition) is 4. The van der Waals surface area contributed by atoms with Crippen molar-refractivity contribution in [3.8, 4) is 6.07 Å². The van der Waals surface area contributed by atoms with Crippen LogP contribution in [0, 0.1) is 11.3 Å². The Morgan fingerprint density at radius 2 is 2.12 bits per heavy atom. The number of rotatable bonds is 3. The van der Waals surface area contributed by atoms with Crippen LogP contribution in [0.2, 0.25) is 0 Å². The van der Waals surface area contributed by atoms with Gasteiger partial charge in [-0.3, -0.25) is 0 Å². The van der Waals surface area contributed by atoms with Crippen LogP contribution in [-0.2, 0) is 9.53 Å². The van der Waals surface area contributed by atoms with Gasteiger partial charge < -0.3 is 10.5 Å². The maximum atomic E-state index is 11.3. The quantitative estimate of drug-likeness (QED) is 0.615. The van der Waals surface area contributed by atoms with E-state index in [0.29, 0.717) is 11.3 Å². The first-order valence-electron chi connectivity index (χ1n) is 4.72. The van der Waals surface area contributed by atoms with Crippen molar-refractivity contribution in [2.45, 2.75) is 13.0 Å². The Bertz CT molecular complexity index is 428. The minimum atomic E-state index is -0.899. The van der Waals surface area contributed by atoms with Crippen LogP contribution in [0.1, 0.15) is 18.6 Å². The fraction of sp³-hybridized carbons (Fsp3) is 0.167. The SMILES string of the molecule is C/C(N)=C/C(=O)OC(C#N)c1ccccc1. The Kier molecular flexibility index (Phi) is 4.10. The van der Waals surface area contributed by atoms with Crippen LogP contribution in [0.15, 0.2) is 42.1 Å². The van der Waals surface area contributed by atoms with Gasteiger partial charge in [0.05, 0.1) is 0 Å². The molecule has 1 aromatic carbocycles. The molecule has 0 saturated carbocycles. The molecule has 4 nitrogen and oxygen atoms in total. The summed E-state index contributed by atoms with van der Waals surface area (Å²) in [5.41, 5.74) is 6.31. The molecule has 2 N–H and O–H groups in total. The van der Waals surface area contributed by atoms with E-state index in [4.69, 9.17) is 15.7 Å². The van der Waals surface area contributed by atoms with Crippen LogP contribution in [-0.4, -0.2) is 5.97 Å². The van der Waals surface area contributed by atoms with E-state index < -0.39 is 12.1 Å². The summed E-state index contributed by atoms with van der Waals surface area (Å²) in [6.07, 6.45) is 0.247. The van der Waals surface area contributed by atoms with E-state index in [0.717, 1.165) is 6.08 Å². The summed E-state index contributed by atoms with van der Waals surface area (Å²) in [4.78, 5) is 11.3. The van der Waals surface area contributed by atoms with Crippen LogP contribution in [0.25, 0.3) is 0 Å². The van der Waals surface area contributed by atoms with Gasteiger partial charge in [-0.2, -0.15) is 5.26 Å². The zero-order valence-electron chi connectivity index (χ0n) is 8.88. The summed E-state index contributed by atoms with van der Waals surface area (Å²) in [7, 11) is 0. The van der Waals surface area contributed by atoms with Crippen molar-refractivity contribution in [1.29, 1.82) is 5.26 Å². The molecule has 0 amide bonds. The molecule has 0 aliphatic heterocycles. The minimum Gasteiger partial charge on any atom is -0.439 e. The molecule has 0 bridgehead atoms. The average molecular weight is 216 g/mol. The van der Waals surface area contributed by atoms with E-state index in [9.17, 15) is 4.79 Å². The van der Waals surface area contributed by atoms with E-state index in [1.54, 1.807) is 31.2 Å². The molecule has 1 rings (SSSR count). The van der Waals surface area contributed by atoms with Crippen molar-refractivity contribution in [1.82, 2.24) is 0 Å². The lowest BCUT2D eigenvalue weighted by Gasteiger charge is -2.09. The molecule has 4 heteroatoms. The van der Waals surface area contributed by atoms with E-state index in [-0.39, 0.29) is 0 Å². The van der Waals surface area contributed by atoms with Gasteiger partial charge in [-0.05, 0) is 6.92 Å². The highest BCUT2D eigenvalue weighted by Crippen LogP contribution is 2.16. The van der Waals surface area contributed by atoms with Crippen molar-refractivity contribution in [2.75, 3.05) is 0 Å². The maximum Gasteiger partial charge on any atom is 0.334 e. The number of carbonyl (C=O) groups is 1. The molecule has 16 heavy (non-hydrogen) atoms. The monoisotopic (exact) mass is 216 g/mol. The molecule has 0 saturated heterocycles. The summed E-state index contributed by atoms with van der Waals surface area (Å²) < 4.78 is 4.94. The van der Waals surface area contributed by atoms with E-state index >= 15 is 0 Å². The molecule has 1 unspecified atom stereocenters. The highest BCUT2D eigenvalue weighted by atomic mass is 16.5. The van der Waals surface area contributed by atoms with Gasteiger partial charge in [0.1, 0.15) is 6.07 Å². The highest BCUT2D eigenvalue weighted by molar-refractivity contribution is 5.82. The first-order valence-corrected chi connectivity index (χ1v) is 4.72. The van der Waals surface area contributed by atoms with Crippen molar-refractivity contribution in [3.05, 3.63) is 47.7 Å². The van der Waals surface area contributed by atoms with Crippen LogP contribution in [0.5, 0.6) is 0 Å².